The fraction of sp³-hybridized carbons (Fsp3) is 0. The summed E-state index contributed by atoms with van der Waals surface area (Å²) in [6.45, 7) is 0. The smallest absolute Gasteiger partial charge is 0.314 e. The van der Waals surface area contributed by atoms with Gasteiger partial charge in [-0.15, -0.1) is 0 Å². The maximum atomic E-state index is 13.7. The molecule has 20 heavy (non-hydrogen) atoms. The van der Waals surface area contributed by atoms with Gasteiger partial charge in [-0.25, -0.2) is 4.39 Å². The predicted octanol–water partition coefficient (Wildman–Crippen LogP) is 4.10. The van der Waals surface area contributed by atoms with Crippen LogP contribution in [0.3, 0.4) is 0 Å². The van der Waals surface area contributed by atoms with Crippen LogP contribution in [0.15, 0.2) is 40.9 Å². The summed E-state index contributed by atoms with van der Waals surface area (Å²) in [6, 6.07) is 7.84. The van der Waals surface area contributed by atoms with Crippen molar-refractivity contribution in [2.75, 3.05) is 0 Å². The number of nitro groups is 1. The van der Waals surface area contributed by atoms with Gasteiger partial charge in [-0.2, -0.15) is 0 Å². The minimum Gasteiger partial charge on any atom is -0.446 e. The van der Waals surface area contributed by atoms with E-state index in [1.54, 1.807) is 6.07 Å². The molecule has 5 nitrogen and oxygen atoms in total. The van der Waals surface area contributed by atoms with Crippen LogP contribution in [0.2, 0.25) is 0 Å². The van der Waals surface area contributed by atoms with E-state index < -0.39 is 22.2 Å². The number of para-hydroxylation sites is 1. The first kappa shape index (κ1) is 14.1. The fourth-order valence-electron chi connectivity index (χ4n) is 1.56. The standard InChI is InChI=1S/C13H7BrFNO4/c14-9-4-5-12(8(6-9)7-17)20-13-10(15)2-1-3-11(13)16(18)19/h1-7H. The number of halogens is 2. The molecule has 0 aliphatic heterocycles. The topological polar surface area (TPSA) is 69.4 Å². The van der Waals surface area contributed by atoms with E-state index in [-0.39, 0.29) is 11.3 Å². The fourth-order valence-corrected chi connectivity index (χ4v) is 1.94. The van der Waals surface area contributed by atoms with Gasteiger partial charge in [0.05, 0.1) is 10.5 Å². The van der Waals surface area contributed by atoms with Crippen molar-refractivity contribution in [2.45, 2.75) is 0 Å². The van der Waals surface area contributed by atoms with Crippen LogP contribution in [-0.2, 0) is 0 Å². The van der Waals surface area contributed by atoms with Gasteiger partial charge >= 0.3 is 5.69 Å². The quantitative estimate of drug-likeness (QED) is 0.477. The van der Waals surface area contributed by atoms with Crippen LogP contribution in [0.4, 0.5) is 10.1 Å². The van der Waals surface area contributed by atoms with Crippen molar-refractivity contribution < 1.29 is 18.8 Å². The maximum Gasteiger partial charge on any atom is 0.314 e. The van der Waals surface area contributed by atoms with E-state index in [0.29, 0.717) is 10.8 Å². The summed E-state index contributed by atoms with van der Waals surface area (Å²) in [5.41, 5.74) is -0.360. The van der Waals surface area contributed by atoms with Crippen molar-refractivity contribution in [3.8, 4) is 11.5 Å². The number of benzene rings is 2. The van der Waals surface area contributed by atoms with E-state index in [2.05, 4.69) is 15.9 Å². The molecular formula is C13H7BrFNO4. The average Bonchev–Trinajstić information content (AvgIpc) is 2.42. The van der Waals surface area contributed by atoms with Gasteiger partial charge in [-0.1, -0.05) is 22.0 Å². The predicted molar refractivity (Wildman–Crippen MR) is 72.7 cm³/mol. The number of nitrogens with zero attached hydrogens (tertiary/aromatic N) is 1. The molecular weight excluding hydrogens is 333 g/mol. The second-order valence-electron chi connectivity index (χ2n) is 3.75. The summed E-state index contributed by atoms with van der Waals surface area (Å²) >= 11 is 3.18. The molecule has 0 saturated carbocycles. The summed E-state index contributed by atoms with van der Waals surface area (Å²) in [5, 5.41) is 10.9. The van der Waals surface area contributed by atoms with Gasteiger partial charge < -0.3 is 4.74 Å². The first-order valence-electron chi connectivity index (χ1n) is 5.38. The molecule has 0 radical (unpaired) electrons. The monoisotopic (exact) mass is 339 g/mol. The lowest BCUT2D eigenvalue weighted by atomic mass is 10.2. The summed E-state index contributed by atoms with van der Waals surface area (Å²) in [5.74, 6) is -1.36. The minimum atomic E-state index is -0.876. The molecule has 0 aromatic heterocycles. The Kier molecular flexibility index (Phi) is 4.09. The lowest BCUT2D eigenvalue weighted by Crippen LogP contribution is -1.98. The molecule has 0 spiro atoms. The van der Waals surface area contributed by atoms with Crippen molar-refractivity contribution in [3.63, 3.8) is 0 Å². The van der Waals surface area contributed by atoms with Crippen molar-refractivity contribution in [1.82, 2.24) is 0 Å². The van der Waals surface area contributed by atoms with E-state index in [0.717, 1.165) is 12.1 Å². The van der Waals surface area contributed by atoms with E-state index in [4.69, 9.17) is 4.74 Å². The first-order chi connectivity index (χ1) is 9.52. The number of aldehydes is 1. The van der Waals surface area contributed by atoms with Crippen LogP contribution in [-0.4, -0.2) is 11.2 Å². The third-order valence-electron chi connectivity index (χ3n) is 2.45. The highest BCUT2D eigenvalue weighted by atomic mass is 79.9. The molecule has 0 unspecified atom stereocenters. The average molecular weight is 340 g/mol. The summed E-state index contributed by atoms with van der Waals surface area (Å²) < 4.78 is 19.5. The largest absolute Gasteiger partial charge is 0.446 e. The highest BCUT2D eigenvalue weighted by Crippen LogP contribution is 2.35. The molecule has 102 valence electrons. The Hall–Kier alpha value is -2.28. The van der Waals surface area contributed by atoms with Gasteiger partial charge in [0.15, 0.2) is 12.1 Å². The summed E-state index contributed by atoms with van der Waals surface area (Å²) in [6.07, 6.45) is 0.521. The van der Waals surface area contributed by atoms with Gasteiger partial charge in [0.25, 0.3) is 0 Å². The molecule has 0 fully saturated rings. The molecule has 0 heterocycles. The molecule has 2 aromatic rings. The van der Waals surface area contributed by atoms with Crippen LogP contribution >= 0.6 is 15.9 Å². The molecule has 0 aliphatic carbocycles. The lowest BCUT2D eigenvalue weighted by Gasteiger charge is -2.09. The van der Waals surface area contributed by atoms with Crippen LogP contribution < -0.4 is 4.74 Å². The Morgan fingerprint density at radius 3 is 2.70 bits per heavy atom. The van der Waals surface area contributed by atoms with Crippen LogP contribution in [0.25, 0.3) is 0 Å². The Morgan fingerprint density at radius 2 is 2.05 bits per heavy atom. The van der Waals surface area contributed by atoms with Crippen molar-refractivity contribution >= 4 is 27.9 Å². The van der Waals surface area contributed by atoms with Gasteiger partial charge in [0.1, 0.15) is 5.75 Å². The summed E-state index contributed by atoms with van der Waals surface area (Å²) in [7, 11) is 0. The Labute approximate surface area is 121 Å². The highest BCUT2D eigenvalue weighted by Gasteiger charge is 2.21. The number of hydrogen-bond acceptors (Lipinski definition) is 4. The second-order valence-corrected chi connectivity index (χ2v) is 4.66. The van der Waals surface area contributed by atoms with Gasteiger partial charge in [0, 0.05) is 10.5 Å². The normalized spacial score (nSPS) is 10.1. The molecule has 0 bridgehead atoms. The molecule has 7 heteroatoms. The Bertz CT molecular complexity index is 690. The van der Waals surface area contributed by atoms with Crippen molar-refractivity contribution in [3.05, 3.63) is 62.4 Å². The molecule has 0 atom stereocenters. The third kappa shape index (κ3) is 2.83. The number of carbonyl (C=O) groups excluding carboxylic acids is 1. The van der Waals surface area contributed by atoms with Gasteiger partial charge in [-0.3, -0.25) is 14.9 Å². The second kappa shape index (κ2) is 5.79. The van der Waals surface area contributed by atoms with E-state index in [1.807, 2.05) is 0 Å². The van der Waals surface area contributed by atoms with Crippen LogP contribution in [0.1, 0.15) is 10.4 Å². The molecule has 0 aliphatic rings. The molecule has 2 aromatic carbocycles. The zero-order valence-electron chi connectivity index (χ0n) is 9.88. The first-order valence-corrected chi connectivity index (χ1v) is 6.17. The van der Waals surface area contributed by atoms with E-state index in [9.17, 15) is 19.3 Å². The van der Waals surface area contributed by atoms with Gasteiger partial charge in [-0.05, 0) is 24.3 Å². The maximum absolute atomic E-state index is 13.7. The number of ether oxygens (including phenoxy) is 1. The number of carbonyl (C=O) groups is 1. The zero-order valence-corrected chi connectivity index (χ0v) is 11.5. The summed E-state index contributed by atoms with van der Waals surface area (Å²) in [4.78, 5) is 21.0. The van der Waals surface area contributed by atoms with E-state index in [1.165, 1.54) is 18.2 Å². The lowest BCUT2D eigenvalue weighted by molar-refractivity contribution is -0.385. The van der Waals surface area contributed by atoms with E-state index >= 15 is 0 Å². The molecule has 0 N–H and O–H groups in total. The minimum absolute atomic E-state index is 0.0383. The molecule has 0 amide bonds. The Morgan fingerprint density at radius 1 is 1.30 bits per heavy atom. The number of hydrogen-bond donors (Lipinski definition) is 0. The van der Waals surface area contributed by atoms with Crippen molar-refractivity contribution in [2.24, 2.45) is 0 Å². The zero-order chi connectivity index (χ0) is 14.7. The molecule has 0 saturated heterocycles. The Balaban J connectivity index is 2.50. The number of nitro benzene ring substituents is 1. The third-order valence-corrected chi connectivity index (χ3v) is 2.95. The number of rotatable bonds is 4. The SMILES string of the molecule is O=Cc1cc(Br)ccc1Oc1c(F)cccc1[N+](=O)[O-]. The molecule has 2 rings (SSSR count). The van der Waals surface area contributed by atoms with Crippen molar-refractivity contribution in [1.29, 1.82) is 0 Å². The highest BCUT2D eigenvalue weighted by molar-refractivity contribution is 9.10. The van der Waals surface area contributed by atoms with Gasteiger partial charge in [0.2, 0.25) is 5.75 Å². The van der Waals surface area contributed by atoms with Crippen LogP contribution in [0.5, 0.6) is 11.5 Å². The van der Waals surface area contributed by atoms with Crippen LogP contribution in [0, 0.1) is 15.9 Å².